The van der Waals surface area contributed by atoms with E-state index >= 15 is 0 Å². The van der Waals surface area contributed by atoms with Gasteiger partial charge in [-0.25, -0.2) is 4.79 Å². The van der Waals surface area contributed by atoms with Crippen LogP contribution < -0.4 is 34.7 Å². The van der Waals surface area contributed by atoms with Crippen LogP contribution in [0.15, 0.2) is 30.3 Å². The predicted molar refractivity (Wildman–Crippen MR) is 454 cm³/mol. The maximum absolute atomic E-state index is 12.7. The molecule has 0 aliphatic heterocycles. The summed E-state index contributed by atoms with van der Waals surface area (Å²) in [7, 11) is 0. The van der Waals surface area contributed by atoms with E-state index in [2.05, 4.69) is 96.9 Å². The van der Waals surface area contributed by atoms with Gasteiger partial charge in [-0.2, -0.15) is 0 Å². The summed E-state index contributed by atoms with van der Waals surface area (Å²) < 4.78 is 6.01. The van der Waals surface area contributed by atoms with Gasteiger partial charge in [0, 0.05) is 18.3 Å². The zero-order chi connectivity index (χ0) is 81.6. The van der Waals surface area contributed by atoms with Crippen LogP contribution in [-0.4, -0.2) is 86.7 Å². The molecule has 0 bridgehead atoms. The molecular weight excluding hydrogens is 1440 g/mol. The first-order valence-corrected chi connectivity index (χ1v) is 48.9. The molecule has 16 fully saturated rings. The van der Waals surface area contributed by atoms with Crippen molar-refractivity contribution in [2.75, 3.05) is 0 Å². The van der Waals surface area contributed by atoms with Gasteiger partial charge in [-0.15, -0.1) is 0 Å². The summed E-state index contributed by atoms with van der Waals surface area (Å²) >= 11 is 0. The molecule has 115 heavy (non-hydrogen) atoms. The Hall–Kier alpha value is -1.70. The van der Waals surface area contributed by atoms with Crippen LogP contribution in [0.25, 0.3) is 0 Å². The molecule has 0 spiro atoms. The molecule has 0 radical (unpaired) electrons. The molecule has 38 atom stereocenters. The topological polar surface area (TPSA) is 202 Å². The molecule has 5 N–H and O–H groups in total. The number of carbonyl (C=O) groups is 4. The van der Waals surface area contributed by atoms with Crippen LogP contribution in [0.1, 0.15) is 364 Å². The number of benzene rings is 1. The van der Waals surface area contributed by atoms with Gasteiger partial charge in [0.05, 0.1) is 36.1 Å². The van der Waals surface area contributed by atoms with E-state index in [0.717, 1.165) is 149 Å². The van der Waals surface area contributed by atoms with E-state index in [9.17, 15) is 49.8 Å². The zero-order valence-corrected chi connectivity index (χ0v) is 77.4. The fraction of sp³-hybridized carbons (Fsp3) is 0.903. The Balaban J connectivity index is 0.000000135. The minimum absolute atomic E-state index is 0. The second kappa shape index (κ2) is 36.1. The van der Waals surface area contributed by atoms with Crippen LogP contribution in [-0.2, 0) is 19.1 Å². The van der Waals surface area contributed by atoms with Crippen molar-refractivity contribution >= 4 is 24.5 Å². The molecule has 16 aliphatic carbocycles. The van der Waals surface area contributed by atoms with Crippen molar-refractivity contribution in [1.29, 1.82) is 0 Å². The molecule has 12 heteroatoms. The summed E-state index contributed by atoms with van der Waals surface area (Å²) in [6.07, 6.45) is 47.4. The summed E-state index contributed by atoms with van der Waals surface area (Å²) in [6.45, 7) is 33.7. The third-order valence-electron chi connectivity index (χ3n) is 41.9. The summed E-state index contributed by atoms with van der Waals surface area (Å²) in [5.74, 6) is 14.6. The molecule has 16 saturated carbocycles. The molecule has 1 aromatic rings. The average molecular weight is 1600 g/mol. The number of esters is 1. The van der Waals surface area contributed by atoms with Gasteiger partial charge >= 0.3 is 35.5 Å². The number of rotatable bonds is 16. The van der Waals surface area contributed by atoms with Crippen molar-refractivity contribution < 1.29 is 84.1 Å². The Kier molecular flexibility index (Phi) is 28.6. The largest absolute Gasteiger partial charge is 1.00 e. The number of hydrogen-bond acceptors (Lipinski definition) is 11. The first kappa shape index (κ1) is 91.0. The molecule has 11 nitrogen and oxygen atoms in total. The molecular formula is C103H165NaO11. The Morgan fingerprint density at radius 2 is 0.957 bits per heavy atom. The normalized spacial score (nSPS) is 49.6. The quantitative estimate of drug-likeness (QED) is 0.0599. The zero-order valence-electron chi connectivity index (χ0n) is 75.4. The van der Waals surface area contributed by atoms with Gasteiger partial charge in [0.25, 0.3) is 0 Å². The van der Waals surface area contributed by atoms with Crippen LogP contribution in [0.3, 0.4) is 0 Å². The van der Waals surface area contributed by atoms with Crippen molar-refractivity contribution in [2.24, 2.45) is 191 Å². The first-order chi connectivity index (χ1) is 54.1. The fourth-order valence-electron chi connectivity index (χ4n) is 35.3. The Morgan fingerprint density at radius 1 is 0.461 bits per heavy atom. The minimum atomic E-state index is -0.936. The van der Waals surface area contributed by atoms with E-state index in [4.69, 9.17) is 4.74 Å². The molecule has 1 aromatic carbocycles. The number of aldehydes is 2. The van der Waals surface area contributed by atoms with Gasteiger partial charge in [0.1, 0.15) is 18.7 Å². The number of fused-ring (bicyclic) bond motifs is 20. The van der Waals surface area contributed by atoms with Crippen molar-refractivity contribution in [1.82, 2.24) is 0 Å². The standard InChI is InChI=1S/C34H52O3.C25H42O3.C24H40O4.C20H32O.Na/c1-22(2)10-9-11-23(3)28-16-17-29-27-15-14-25-20-26(37-32(36)24-12-7-6-8-13-24)18-19-33(25,4)30(27)21-31(35)34(28,29)5;1-15-11-12-24(3)17(13-15)6-7-18-20-9-8-19(16(2)5-10-23(27)28)25(20,4)22(26)14-21(18)24;1-14(5-4-10-25)17-6-7-18-22-19(13-21(28)24(17,18)3)23(2)9-8-16(26)11-15(23)12-20(22)27;1-19-11-4-3-5-14(19)6-8-16-17-9-7-15(13-21)20(17,2)12-10-18(16)19;/h6-8,12-13,22-23,25-31,35H,9-11,14-21H2,1-5H3;15-22,26H,5-14H2,1-4H3,(H,27,28);10,14-22,26-28H,4-9,11-13H2,1-3H3;13-18H,3-12H2,1-2H3;/q;;;;+1/p-1/t23-,25-,26-,27?,28-,29?,30?,31+,33+,34-;15-,16-,17-,18?,19-,20?,21?,22+,24+,25-;14-,15+,16-,17-,18?,19?,20-,21+,22?,23+,24-;14-,15+,16?,17?,18?,19-,20+;/m1110./s1. The van der Waals surface area contributed by atoms with Gasteiger partial charge in [-0.05, 0) is 409 Å². The van der Waals surface area contributed by atoms with Crippen LogP contribution in [0, 0.1) is 191 Å². The first-order valence-electron chi connectivity index (χ1n) is 48.9. The van der Waals surface area contributed by atoms with Crippen molar-refractivity contribution in [2.45, 2.75) is 390 Å². The van der Waals surface area contributed by atoms with Gasteiger partial charge in [-0.3, -0.25) is 0 Å². The van der Waals surface area contributed by atoms with Crippen LogP contribution in [0.2, 0.25) is 0 Å². The monoisotopic (exact) mass is 1600 g/mol. The van der Waals surface area contributed by atoms with Gasteiger partial charge in [-0.1, -0.05) is 154 Å². The van der Waals surface area contributed by atoms with Crippen molar-refractivity contribution in [3.63, 3.8) is 0 Å². The summed E-state index contributed by atoms with van der Waals surface area (Å²) in [5.41, 5.74) is 2.38. The summed E-state index contributed by atoms with van der Waals surface area (Å²) in [6, 6.07) is 9.43. The molecule has 0 saturated heterocycles. The van der Waals surface area contributed by atoms with Crippen molar-refractivity contribution in [3.8, 4) is 0 Å². The number of hydrogen-bond donors (Lipinski definition) is 5. The number of carboxylic acids is 1. The molecule has 12 unspecified atom stereocenters. The van der Waals surface area contributed by atoms with E-state index in [1.165, 1.54) is 154 Å². The van der Waals surface area contributed by atoms with E-state index in [1.807, 2.05) is 30.3 Å². The number of ether oxygens (including phenoxy) is 1. The smallest absolute Gasteiger partial charge is 0.550 e. The second-order valence-electron chi connectivity index (χ2n) is 46.7. The number of carboxylic acid groups (broad SMARTS) is 1. The summed E-state index contributed by atoms with van der Waals surface area (Å²) in [5, 5.41) is 67.2. The van der Waals surface area contributed by atoms with Gasteiger partial charge in [0.15, 0.2) is 0 Å². The number of carbonyl (C=O) groups excluding carboxylic acids is 4. The van der Waals surface area contributed by atoms with Crippen molar-refractivity contribution in [3.05, 3.63) is 35.9 Å². The fourth-order valence-corrected chi connectivity index (χ4v) is 35.3. The third kappa shape index (κ3) is 16.4. The molecule has 644 valence electrons. The predicted octanol–water partition coefficient (Wildman–Crippen LogP) is 18.5. The third-order valence-corrected chi connectivity index (χ3v) is 41.9. The van der Waals surface area contributed by atoms with E-state index in [1.54, 1.807) is 0 Å². The van der Waals surface area contributed by atoms with Crippen LogP contribution in [0.4, 0.5) is 0 Å². The second-order valence-corrected chi connectivity index (χ2v) is 46.7. The summed E-state index contributed by atoms with van der Waals surface area (Å²) in [4.78, 5) is 46.1. The maximum atomic E-state index is 12.7. The Bertz CT molecular complexity index is 3420. The molecule has 0 amide bonds. The minimum Gasteiger partial charge on any atom is -0.550 e. The molecule has 0 aromatic heterocycles. The number of aliphatic hydroxyl groups excluding tert-OH is 5. The van der Waals surface area contributed by atoms with Crippen LogP contribution in [0.5, 0.6) is 0 Å². The average Bonchev–Trinajstić information content (AvgIpc) is 1.66. The van der Waals surface area contributed by atoms with Gasteiger partial charge in [0.2, 0.25) is 0 Å². The Labute approximate surface area is 721 Å². The van der Waals surface area contributed by atoms with Crippen LogP contribution >= 0.6 is 0 Å². The SMILES string of the molecule is CC(C)CCC[C@@H](C)[C@H]1CCC2C3CC[C@@H]4C[C@H](OC(=O)c5ccccc5)CC[C@]4(C)C3C[C@H](O)[C@@]21C.C[C@@H]1CC[C@]2(C)C3C[C@H](O)[C@@]4(C)C(CC[C@@H]4[C@H](C)CCC(=O)[O-])C3CC[C@@H]2C1.C[C@H](CCC=O)[C@H]1CCC2C3C(C[C@H](O)[C@@]21C)[C@@]1(C)CC[C@@H](O)C[C@H]1C[C@H]3O.C[C@]12CCC3C(CC[C@@H]4CCCC[C@]34C)C1CC[C@@H]2C=O.[Na+]. The number of aliphatic hydroxyl groups is 5. The molecule has 16 aliphatic rings. The van der Waals surface area contributed by atoms with E-state index in [0.29, 0.717) is 123 Å². The van der Waals surface area contributed by atoms with Gasteiger partial charge < -0.3 is 49.8 Å². The van der Waals surface area contributed by atoms with E-state index in [-0.39, 0.29) is 112 Å². The maximum Gasteiger partial charge on any atom is 1.00 e. The Morgan fingerprint density at radius 3 is 1.55 bits per heavy atom. The molecule has 17 rings (SSSR count). The van der Waals surface area contributed by atoms with E-state index < -0.39 is 5.97 Å². The number of aliphatic carboxylic acids is 1. The molecule has 0 heterocycles.